The number of anilines is 1. The highest BCUT2D eigenvalue weighted by atomic mass is 35.5. The van der Waals surface area contributed by atoms with Crippen LogP contribution in [0.2, 0.25) is 5.02 Å². The van der Waals surface area contributed by atoms with Crippen molar-refractivity contribution in [1.29, 1.82) is 0 Å². The maximum atomic E-state index is 6.04. The lowest BCUT2D eigenvalue weighted by molar-refractivity contribution is 0.415. The zero-order valence-electron chi connectivity index (χ0n) is 12.1. The first kappa shape index (κ1) is 13.8. The Hall–Kier alpha value is -2.13. The minimum absolute atomic E-state index is 0.619. The van der Waals surface area contributed by atoms with E-state index in [1.54, 1.807) is 7.11 Å². The summed E-state index contributed by atoms with van der Waals surface area (Å²) in [6.07, 6.45) is 2.16. The van der Waals surface area contributed by atoms with Crippen LogP contribution in [0, 0.1) is 0 Å². The summed E-state index contributed by atoms with van der Waals surface area (Å²) in [5, 5.41) is 5.31. The molecule has 3 aromatic rings. The van der Waals surface area contributed by atoms with Gasteiger partial charge in [-0.05, 0) is 23.8 Å². The number of aryl methyl sites for hydroxylation is 1. The zero-order valence-corrected chi connectivity index (χ0v) is 12.8. The van der Waals surface area contributed by atoms with E-state index in [-0.39, 0.29) is 0 Å². The highest BCUT2D eigenvalue weighted by Crippen LogP contribution is 2.28. The highest BCUT2D eigenvalue weighted by molar-refractivity contribution is 6.32. The van der Waals surface area contributed by atoms with Crippen molar-refractivity contribution >= 4 is 28.2 Å². The van der Waals surface area contributed by atoms with Crippen LogP contribution in [-0.4, -0.2) is 11.7 Å². The van der Waals surface area contributed by atoms with Crippen LogP contribution in [-0.2, 0) is 13.6 Å². The molecule has 4 heteroatoms. The van der Waals surface area contributed by atoms with Crippen molar-refractivity contribution < 1.29 is 4.74 Å². The Morgan fingerprint density at radius 1 is 1.19 bits per heavy atom. The van der Waals surface area contributed by atoms with Crippen molar-refractivity contribution in [2.45, 2.75) is 6.54 Å². The van der Waals surface area contributed by atoms with Gasteiger partial charge in [-0.1, -0.05) is 29.8 Å². The molecular weight excluding hydrogens is 284 g/mol. The number of nitrogens with zero attached hydrogens (tertiary/aromatic N) is 1. The topological polar surface area (TPSA) is 26.2 Å². The van der Waals surface area contributed by atoms with E-state index in [9.17, 15) is 0 Å². The molecule has 1 aromatic heterocycles. The average Bonchev–Trinajstić information content (AvgIpc) is 2.83. The minimum Gasteiger partial charge on any atom is -0.495 e. The normalized spacial score (nSPS) is 10.8. The number of aromatic nitrogens is 1. The molecule has 0 aliphatic heterocycles. The van der Waals surface area contributed by atoms with Crippen LogP contribution in [0.3, 0.4) is 0 Å². The van der Waals surface area contributed by atoms with E-state index < -0.39 is 0 Å². The summed E-state index contributed by atoms with van der Waals surface area (Å²) in [6.45, 7) is 0.756. The van der Waals surface area contributed by atoms with Crippen LogP contribution < -0.4 is 10.1 Å². The molecule has 0 unspecified atom stereocenters. The lowest BCUT2D eigenvalue weighted by atomic mass is 10.2. The fourth-order valence-corrected chi connectivity index (χ4v) is 2.73. The van der Waals surface area contributed by atoms with Crippen LogP contribution in [0.25, 0.3) is 10.9 Å². The third kappa shape index (κ3) is 2.69. The predicted molar refractivity (Wildman–Crippen MR) is 88.2 cm³/mol. The number of rotatable bonds is 4. The van der Waals surface area contributed by atoms with Crippen molar-refractivity contribution in [2.75, 3.05) is 12.4 Å². The molecule has 0 fully saturated rings. The molecule has 2 aromatic carbocycles. The molecule has 0 spiro atoms. The zero-order chi connectivity index (χ0) is 14.8. The fraction of sp³-hybridized carbons (Fsp3) is 0.176. The third-order valence-corrected chi connectivity index (χ3v) is 3.93. The molecule has 0 aliphatic carbocycles. The Bertz CT molecular complexity index is 780. The average molecular weight is 301 g/mol. The highest BCUT2D eigenvalue weighted by Gasteiger charge is 2.06. The van der Waals surface area contributed by atoms with E-state index in [1.807, 2.05) is 18.2 Å². The maximum absolute atomic E-state index is 6.04. The summed E-state index contributed by atoms with van der Waals surface area (Å²) in [7, 11) is 3.69. The molecule has 0 bridgehead atoms. The molecule has 3 rings (SSSR count). The second-order valence-corrected chi connectivity index (χ2v) is 5.39. The fourth-order valence-electron chi connectivity index (χ4n) is 2.53. The number of halogens is 1. The molecule has 0 aliphatic rings. The van der Waals surface area contributed by atoms with Crippen LogP contribution in [0.1, 0.15) is 5.56 Å². The van der Waals surface area contributed by atoms with E-state index in [2.05, 4.69) is 47.4 Å². The number of hydrogen-bond donors (Lipinski definition) is 1. The van der Waals surface area contributed by atoms with E-state index >= 15 is 0 Å². The maximum Gasteiger partial charge on any atom is 0.139 e. The van der Waals surface area contributed by atoms with Gasteiger partial charge in [0.25, 0.3) is 0 Å². The van der Waals surface area contributed by atoms with Gasteiger partial charge in [0.05, 0.1) is 12.1 Å². The molecule has 21 heavy (non-hydrogen) atoms. The van der Waals surface area contributed by atoms with E-state index in [0.717, 1.165) is 12.2 Å². The first-order chi connectivity index (χ1) is 10.2. The molecule has 1 N–H and O–H groups in total. The summed E-state index contributed by atoms with van der Waals surface area (Å²) in [4.78, 5) is 0. The van der Waals surface area contributed by atoms with Crippen LogP contribution in [0.4, 0.5) is 5.69 Å². The quantitative estimate of drug-likeness (QED) is 0.770. The number of benzene rings is 2. The smallest absolute Gasteiger partial charge is 0.139 e. The number of methoxy groups -OCH3 is 1. The van der Waals surface area contributed by atoms with Crippen molar-refractivity contribution in [3.63, 3.8) is 0 Å². The Labute approximate surface area is 129 Å². The van der Waals surface area contributed by atoms with E-state index in [4.69, 9.17) is 16.3 Å². The summed E-state index contributed by atoms with van der Waals surface area (Å²) in [5.74, 6) is 0.680. The summed E-state index contributed by atoms with van der Waals surface area (Å²) in [5.41, 5.74) is 3.49. The van der Waals surface area contributed by atoms with Gasteiger partial charge >= 0.3 is 0 Å². The molecule has 108 valence electrons. The predicted octanol–water partition coefficient (Wildman–Crippen LogP) is 4.45. The second-order valence-electron chi connectivity index (χ2n) is 4.99. The first-order valence-electron chi connectivity index (χ1n) is 6.79. The van der Waals surface area contributed by atoms with Crippen molar-refractivity contribution in [2.24, 2.45) is 7.05 Å². The molecule has 0 radical (unpaired) electrons. The Morgan fingerprint density at radius 2 is 2.00 bits per heavy atom. The Kier molecular flexibility index (Phi) is 3.76. The van der Waals surface area contributed by atoms with Crippen molar-refractivity contribution in [3.8, 4) is 5.75 Å². The Morgan fingerprint density at radius 3 is 2.81 bits per heavy atom. The number of hydrogen-bond acceptors (Lipinski definition) is 2. The second kappa shape index (κ2) is 5.70. The summed E-state index contributed by atoms with van der Waals surface area (Å²) < 4.78 is 7.38. The lowest BCUT2D eigenvalue weighted by Crippen LogP contribution is -1.99. The van der Waals surface area contributed by atoms with Gasteiger partial charge < -0.3 is 14.6 Å². The van der Waals surface area contributed by atoms with Crippen molar-refractivity contribution in [1.82, 2.24) is 4.57 Å². The summed E-state index contributed by atoms with van der Waals surface area (Å²) in [6, 6.07) is 14.1. The van der Waals surface area contributed by atoms with Crippen LogP contribution in [0.5, 0.6) is 5.75 Å². The van der Waals surface area contributed by atoms with Gasteiger partial charge in [0, 0.05) is 42.4 Å². The van der Waals surface area contributed by atoms with Gasteiger partial charge in [0.15, 0.2) is 0 Å². The van der Waals surface area contributed by atoms with Gasteiger partial charge in [0.2, 0.25) is 0 Å². The first-order valence-corrected chi connectivity index (χ1v) is 7.17. The van der Waals surface area contributed by atoms with Crippen LogP contribution >= 0.6 is 11.6 Å². The number of fused-ring (bicyclic) bond motifs is 1. The van der Waals surface area contributed by atoms with Gasteiger partial charge in [-0.15, -0.1) is 0 Å². The molecule has 0 saturated heterocycles. The molecule has 0 atom stereocenters. The van der Waals surface area contributed by atoms with Gasteiger partial charge in [-0.2, -0.15) is 0 Å². The van der Waals surface area contributed by atoms with E-state index in [0.29, 0.717) is 10.8 Å². The standard InChI is InChI=1S/C17H17ClN2O/c1-20-11-12(14-5-3-4-6-16(14)20)10-19-13-7-8-15(18)17(9-13)21-2/h3-9,11,19H,10H2,1-2H3. The minimum atomic E-state index is 0.619. The molecule has 1 heterocycles. The third-order valence-electron chi connectivity index (χ3n) is 3.61. The SMILES string of the molecule is COc1cc(NCc2cn(C)c3ccccc23)ccc1Cl. The molecular formula is C17H17ClN2O. The largest absolute Gasteiger partial charge is 0.495 e. The number of para-hydroxylation sites is 1. The van der Waals surface area contributed by atoms with Gasteiger partial charge in [-0.3, -0.25) is 0 Å². The molecule has 3 nitrogen and oxygen atoms in total. The van der Waals surface area contributed by atoms with Gasteiger partial charge in [-0.25, -0.2) is 0 Å². The van der Waals surface area contributed by atoms with E-state index in [1.165, 1.54) is 16.5 Å². The molecule has 0 amide bonds. The Balaban J connectivity index is 1.83. The number of nitrogens with one attached hydrogen (secondary N) is 1. The summed E-state index contributed by atoms with van der Waals surface area (Å²) >= 11 is 6.04. The monoisotopic (exact) mass is 300 g/mol. The van der Waals surface area contributed by atoms with Crippen molar-refractivity contribution in [3.05, 3.63) is 59.2 Å². The van der Waals surface area contributed by atoms with Crippen LogP contribution in [0.15, 0.2) is 48.7 Å². The van der Waals surface area contributed by atoms with Gasteiger partial charge in [0.1, 0.15) is 5.75 Å². The molecule has 0 saturated carbocycles. The lowest BCUT2D eigenvalue weighted by Gasteiger charge is -2.09. The number of ether oxygens (including phenoxy) is 1.